The van der Waals surface area contributed by atoms with Crippen molar-refractivity contribution in [3.8, 4) is 0 Å². The molecule has 0 spiro atoms. The van der Waals surface area contributed by atoms with E-state index in [2.05, 4.69) is 16.9 Å². The number of nitrogens with two attached hydrogens (primary N) is 1. The van der Waals surface area contributed by atoms with E-state index in [1.54, 1.807) is 0 Å². The van der Waals surface area contributed by atoms with Gasteiger partial charge in [0.1, 0.15) is 5.82 Å². The predicted octanol–water partition coefficient (Wildman–Crippen LogP) is 2.02. The molecule has 0 bridgehead atoms. The maximum Gasteiger partial charge on any atom is 0.131 e. The Morgan fingerprint density at radius 2 is 2.33 bits per heavy atom. The second-order valence-corrected chi connectivity index (χ2v) is 4.41. The van der Waals surface area contributed by atoms with E-state index in [1.807, 2.05) is 12.3 Å². The van der Waals surface area contributed by atoms with E-state index in [0.717, 1.165) is 24.4 Å². The Balaban J connectivity index is 2.04. The van der Waals surface area contributed by atoms with Gasteiger partial charge in [-0.05, 0) is 25.3 Å². The molecule has 0 radical (unpaired) electrons. The first-order chi connectivity index (χ1) is 7.29. The van der Waals surface area contributed by atoms with Crippen molar-refractivity contribution in [2.24, 2.45) is 5.73 Å². The van der Waals surface area contributed by atoms with E-state index in [9.17, 15) is 0 Å². The summed E-state index contributed by atoms with van der Waals surface area (Å²) >= 11 is 0. The molecule has 1 aliphatic carbocycles. The smallest absolute Gasteiger partial charge is 0.131 e. The first-order valence-electron chi connectivity index (χ1n) is 5.87. The van der Waals surface area contributed by atoms with Crippen molar-refractivity contribution < 1.29 is 0 Å². The highest BCUT2D eigenvalue weighted by Gasteiger charge is 2.22. The van der Waals surface area contributed by atoms with Gasteiger partial charge in [-0.3, -0.25) is 0 Å². The summed E-state index contributed by atoms with van der Waals surface area (Å²) in [6, 6.07) is 2.21. The van der Waals surface area contributed by atoms with E-state index >= 15 is 0 Å². The fourth-order valence-corrected chi connectivity index (χ4v) is 1.80. The van der Waals surface area contributed by atoms with Gasteiger partial charge in [0, 0.05) is 30.3 Å². The third kappa shape index (κ3) is 2.53. The Bertz CT molecular complexity index is 320. The predicted molar refractivity (Wildman–Crippen MR) is 60.6 cm³/mol. The maximum atomic E-state index is 5.92. The number of hydrogen-bond donors (Lipinski definition) is 1. The lowest BCUT2D eigenvalue weighted by atomic mass is 9.85. The lowest BCUT2D eigenvalue weighted by molar-refractivity contribution is 0.400. The zero-order valence-electron chi connectivity index (χ0n) is 9.32. The molecular weight excluding hydrogens is 186 g/mol. The molecule has 15 heavy (non-hydrogen) atoms. The quantitative estimate of drug-likeness (QED) is 0.818. The van der Waals surface area contributed by atoms with Crippen LogP contribution in [-0.2, 0) is 6.42 Å². The van der Waals surface area contributed by atoms with Crippen molar-refractivity contribution >= 4 is 0 Å². The van der Waals surface area contributed by atoms with Crippen LogP contribution in [0.4, 0.5) is 0 Å². The molecule has 3 nitrogen and oxygen atoms in total. The minimum absolute atomic E-state index is 0.231. The van der Waals surface area contributed by atoms with Crippen molar-refractivity contribution in [2.45, 2.75) is 51.0 Å². The molecule has 1 aromatic rings. The highest BCUT2D eigenvalue weighted by Crippen LogP contribution is 2.34. The molecule has 0 saturated heterocycles. The van der Waals surface area contributed by atoms with Gasteiger partial charge < -0.3 is 5.73 Å². The Labute approximate surface area is 91.1 Å². The van der Waals surface area contributed by atoms with Crippen LogP contribution in [-0.4, -0.2) is 16.0 Å². The molecule has 0 aliphatic heterocycles. The summed E-state index contributed by atoms with van der Waals surface area (Å²) in [4.78, 5) is 8.93. The standard InChI is InChI=1S/C12H19N3/c1-2-10(13)8-11-6-7-14-12(15-11)9-4-3-5-9/h6-7,9-10H,2-5,8,13H2,1H3. The number of aromatic nitrogens is 2. The summed E-state index contributed by atoms with van der Waals surface area (Å²) in [6.07, 6.45) is 7.58. The van der Waals surface area contributed by atoms with Crippen LogP contribution in [0.1, 0.15) is 50.0 Å². The summed E-state index contributed by atoms with van der Waals surface area (Å²) in [5.74, 6) is 1.64. The molecule has 1 unspecified atom stereocenters. The summed E-state index contributed by atoms with van der Waals surface area (Å²) in [5, 5.41) is 0. The SMILES string of the molecule is CCC(N)Cc1ccnc(C2CCC2)n1. The topological polar surface area (TPSA) is 51.8 Å². The molecular formula is C12H19N3. The van der Waals surface area contributed by atoms with Crippen LogP contribution in [0.5, 0.6) is 0 Å². The van der Waals surface area contributed by atoms with Crippen molar-refractivity contribution in [3.63, 3.8) is 0 Å². The normalized spacial score (nSPS) is 18.5. The zero-order chi connectivity index (χ0) is 10.7. The van der Waals surface area contributed by atoms with Gasteiger partial charge in [0.25, 0.3) is 0 Å². The van der Waals surface area contributed by atoms with Gasteiger partial charge in [-0.25, -0.2) is 9.97 Å². The molecule has 1 atom stereocenters. The van der Waals surface area contributed by atoms with Gasteiger partial charge in [0.2, 0.25) is 0 Å². The van der Waals surface area contributed by atoms with Gasteiger partial charge >= 0.3 is 0 Å². The number of rotatable bonds is 4. The van der Waals surface area contributed by atoms with E-state index in [4.69, 9.17) is 5.73 Å². The van der Waals surface area contributed by atoms with Crippen LogP contribution in [0, 0.1) is 0 Å². The fraction of sp³-hybridized carbons (Fsp3) is 0.667. The number of hydrogen-bond acceptors (Lipinski definition) is 3. The Hall–Kier alpha value is -0.960. The molecule has 1 aliphatic rings. The van der Waals surface area contributed by atoms with Crippen LogP contribution in [0.2, 0.25) is 0 Å². The largest absolute Gasteiger partial charge is 0.327 e. The second-order valence-electron chi connectivity index (χ2n) is 4.41. The van der Waals surface area contributed by atoms with Crippen LogP contribution in [0.3, 0.4) is 0 Å². The van der Waals surface area contributed by atoms with E-state index in [-0.39, 0.29) is 6.04 Å². The van der Waals surface area contributed by atoms with E-state index in [1.165, 1.54) is 19.3 Å². The lowest BCUT2D eigenvalue weighted by Gasteiger charge is -2.24. The van der Waals surface area contributed by atoms with E-state index in [0.29, 0.717) is 5.92 Å². The Morgan fingerprint density at radius 1 is 1.53 bits per heavy atom. The minimum Gasteiger partial charge on any atom is -0.327 e. The lowest BCUT2D eigenvalue weighted by Crippen LogP contribution is -2.22. The molecule has 0 amide bonds. The molecule has 1 aromatic heterocycles. The molecule has 3 heteroatoms. The van der Waals surface area contributed by atoms with Crippen LogP contribution >= 0.6 is 0 Å². The van der Waals surface area contributed by atoms with Gasteiger partial charge in [0.05, 0.1) is 0 Å². The van der Waals surface area contributed by atoms with Crippen molar-refractivity contribution in [2.75, 3.05) is 0 Å². The summed E-state index contributed by atoms with van der Waals surface area (Å²) in [7, 11) is 0. The summed E-state index contributed by atoms with van der Waals surface area (Å²) < 4.78 is 0. The van der Waals surface area contributed by atoms with Crippen LogP contribution in [0.25, 0.3) is 0 Å². The van der Waals surface area contributed by atoms with E-state index < -0.39 is 0 Å². The van der Waals surface area contributed by atoms with Gasteiger partial charge in [-0.1, -0.05) is 13.3 Å². The first kappa shape index (κ1) is 10.6. The molecule has 1 fully saturated rings. The minimum atomic E-state index is 0.231. The molecule has 0 aromatic carbocycles. The fourth-order valence-electron chi connectivity index (χ4n) is 1.80. The molecule has 1 heterocycles. The highest BCUT2D eigenvalue weighted by atomic mass is 14.9. The van der Waals surface area contributed by atoms with Gasteiger partial charge in [0.15, 0.2) is 0 Å². The van der Waals surface area contributed by atoms with Crippen LogP contribution in [0.15, 0.2) is 12.3 Å². The average molecular weight is 205 g/mol. The molecule has 1 saturated carbocycles. The summed E-state index contributed by atoms with van der Waals surface area (Å²) in [6.45, 7) is 2.11. The van der Waals surface area contributed by atoms with Crippen LogP contribution < -0.4 is 5.73 Å². The molecule has 2 rings (SSSR count). The molecule has 82 valence electrons. The van der Waals surface area contributed by atoms with Crippen molar-refractivity contribution in [1.29, 1.82) is 0 Å². The third-order valence-corrected chi connectivity index (χ3v) is 3.20. The van der Waals surface area contributed by atoms with Crippen molar-refractivity contribution in [3.05, 3.63) is 23.8 Å². The van der Waals surface area contributed by atoms with Gasteiger partial charge in [-0.2, -0.15) is 0 Å². The monoisotopic (exact) mass is 205 g/mol. The van der Waals surface area contributed by atoms with Gasteiger partial charge in [-0.15, -0.1) is 0 Å². The Kier molecular flexibility index (Phi) is 3.31. The first-order valence-corrected chi connectivity index (χ1v) is 5.87. The molecule has 2 N–H and O–H groups in total. The highest BCUT2D eigenvalue weighted by molar-refractivity contribution is 5.08. The second kappa shape index (κ2) is 4.71. The summed E-state index contributed by atoms with van der Waals surface area (Å²) in [5.41, 5.74) is 7.02. The zero-order valence-corrected chi connectivity index (χ0v) is 9.32. The van der Waals surface area contributed by atoms with Crippen molar-refractivity contribution in [1.82, 2.24) is 9.97 Å². The maximum absolute atomic E-state index is 5.92. The third-order valence-electron chi connectivity index (χ3n) is 3.20. The number of nitrogens with zero attached hydrogens (tertiary/aromatic N) is 2. The Morgan fingerprint density at radius 3 is 2.93 bits per heavy atom. The average Bonchev–Trinajstić information content (AvgIpc) is 2.15.